The van der Waals surface area contributed by atoms with Crippen molar-refractivity contribution in [3.8, 4) is 0 Å². The molecule has 0 aromatic heterocycles. The average molecular weight is 371 g/mol. The van der Waals surface area contributed by atoms with Gasteiger partial charge in [-0.05, 0) is 50.3 Å². The van der Waals surface area contributed by atoms with Gasteiger partial charge in [-0.25, -0.2) is 4.79 Å². The summed E-state index contributed by atoms with van der Waals surface area (Å²) in [6.07, 6.45) is 3.65. The summed E-state index contributed by atoms with van der Waals surface area (Å²) in [5, 5.41) is 0. The van der Waals surface area contributed by atoms with E-state index in [-0.39, 0.29) is 23.9 Å². The van der Waals surface area contributed by atoms with Crippen molar-refractivity contribution in [3.63, 3.8) is 0 Å². The molecule has 4 aliphatic heterocycles. The zero-order valence-electron chi connectivity index (χ0n) is 15.8. The first-order valence-corrected chi connectivity index (χ1v) is 10.1. The van der Waals surface area contributed by atoms with Crippen molar-refractivity contribution in [1.82, 2.24) is 9.80 Å². The van der Waals surface area contributed by atoms with Crippen molar-refractivity contribution in [3.05, 3.63) is 35.9 Å². The van der Waals surface area contributed by atoms with Crippen LogP contribution in [-0.4, -0.2) is 60.5 Å². The first-order chi connectivity index (χ1) is 13.1. The molecule has 1 aromatic carbocycles. The molecule has 146 valence electrons. The number of primary amides is 1. The van der Waals surface area contributed by atoms with E-state index >= 15 is 0 Å². The van der Waals surface area contributed by atoms with Crippen molar-refractivity contribution < 1.29 is 14.3 Å². The van der Waals surface area contributed by atoms with Crippen LogP contribution in [0.4, 0.5) is 0 Å². The number of likely N-dealkylation sites (tertiary alicyclic amines) is 1. The zero-order valence-corrected chi connectivity index (χ0v) is 15.8. The van der Waals surface area contributed by atoms with Crippen LogP contribution in [0.5, 0.6) is 0 Å². The van der Waals surface area contributed by atoms with Crippen LogP contribution in [0.3, 0.4) is 0 Å². The Labute approximate surface area is 160 Å². The lowest BCUT2D eigenvalue weighted by Gasteiger charge is -2.44. The van der Waals surface area contributed by atoms with Gasteiger partial charge in [-0.1, -0.05) is 30.3 Å². The maximum absolute atomic E-state index is 13.2. The van der Waals surface area contributed by atoms with Crippen LogP contribution in [0, 0.1) is 11.8 Å². The van der Waals surface area contributed by atoms with Gasteiger partial charge >= 0.3 is 5.97 Å². The molecule has 0 aliphatic carbocycles. The third-order valence-electron chi connectivity index (χ3n) is 6.50. The third-order valence-corrected chi connectivity index (χ3v) is 6.50. The Hall–Kier alpha value is -1.92. The van der Waals surface area contributed by atoms with Gasteiger partial charge in [0.2, 0.25) is 5.91 Å². The molecule has 1 aromatic rings. The van der Waals surface area contributed by atoms with Crippen LogP contribution in [0.1, 0.15) is 37.3 Å². The number of benzene rings is 1. The lowest BCUT2D eigenvalue weighted by atomic mass is 9.86. The minimum atomic E-state index is -0.407. The van der Waals surface area contributed by atoms with Gasteiger partial charge in [0.25, 0.3) is 0 Å². The lowest BCUT2D eigenvalue weighted by Crippen LogP contribution is -2.53. The Morgan fingerprint density at radius 1 is 1.00 bits per heavy atom. The Morgan fingerprint density at radius 2 is 1.67 bits per heavy atom. The molecule has 5 rings (SSSR count). The fourth-order valence-electron chi connectivity index (χ4n) is 4.83. The van der Waals surface area contributed by atoms with Crippen LogP contribution < -0.4 is 5.73 Å². The molecule has 4 saturated heterocycles. The summed E-state index contributed by atoms with van der Waals surface area (Å²) in [6.45, 7) is 4.48. The van der Waals surface area contributed by atoms with E-state index in [4.69, 9.17) is 10.5 Å². The summed E-state index contributed by atoms with van der Waals surface area (Å²) in [6, 6.07) is 9.44. The molecule has 0 spiro atoms. The van der Waals surface area contributed by atoms with Gasteiger partial charge in [0.1, 0.15) is 12.1 Å². The molecular weight excluding hydrogens is 342 g/mol. The van der Waals surface area contributed by atoms with Crippen LogP contribution in [0.2, 0.25) is 0 Å². The third kappa shape index (κ3) is 4.01. The maximum Gasteiger partial charge on any atom is 0.328 e. The topological polar surface area (TPSA) is 75.9 Å². The largest absolute Gasteiger partial charge is 0.459 e. The van der Waals surface area contributed by atoms with Crippen molar-refractivity contribution in [2.75, 3.05) is 32.7 Å². The molecule has 4 aliphatic rings. The smallest absolute Gasteiger partial charge is 0.328 e. The normalized spacial score (nSPS) is 30.0. The standard InChI is InChI=1S/C21H29N3O3/c22-20(25)17-8-12-24(13-9-17)19(16-4-2-1-3-5-16)21(26)27-18-14-23-10-6-15(18)7-11-23/h1-5,15,17-19H,6-14H2,(H2,22,25). The second-order valence-electron chi connectivity index (χ2n) is 8.14. The van der Waals surface area contributed by atoms with Crippen LogP contribution in [0.25, 0.3) is 0 Å². The van der Waals surface area contributed by atoms with E-state index in [9.17, 15) is 9.59 Å². The van der Waals surface area contributed by atoms with Gasteiger partial charge in [0, 0.05) is 25.6 Å². The number of rotatable bonds is 5. The quantitative estimate of drug-likeness (QED) is 0.795. The minimum absolute atomic E-state index is 0.00868. The van der Waals surface area contributed by atoms with Crippen LogP contribution in [-0.2, 0) is 14.3 Å². The van der Waals surface area contributed by atoms with Crippen molar-refractivity contribution in [1.29, 1.82) is 0 Å². The highest BCUT2D eigenvalue weighted by molar-refractivity contribution is 5.78. The zero-order chi connectivity index (χ0) is 18.8. The molecule has 2 unspecified atom stereocenters. The number of fused-ring (bicyclic) bond motifs is 3. The summed E-state index contributed by atoms with van der Waals surface area (Å²) >= 11 is 0. The highest BCUT2D eigenvalue weighted by atomic mass is 16.5. The Kier molecular flexibility index (Phi) is 5.45. The van der Waals surface area contributed by atoms with Crippen molar-refractivity contribution in [2.45, 2.75) is 37.8 Å². The van der Waals surface area contributed by atoms with E-state index < -0.39 is 6.04 Å². The Morgan fingerprint density at radius 3 is 2.22 bits per heavy atom. The molecule has 6 nitrogen and oxygen atoms in total. The molecule has 2 N–H and O–H groups in total. The van der Waals surface area contributed by atoms with E-state index in [0.717, 1.165) is 38.0 Å². The van der Waals surface area contributed by atoms with Crippen molar-refractivity contribution >= 4 is 11.9 Å². The summed E-state index contributed by atoms with van der Waals surface area (Å²) in [7, 11) is 0. The first kappa shape index (κ1) is 18.4. The number of amides is 1. The summed E-state index contributed by atoms with van der Waals surface area (Å²) in [5.74, 6) is 0.0183. The monoisotopic (exact) mass is 371 g/mol. The minimum Gasteiger partial charge on any atom is -0.459 e. The number of esters is 1. The van der Waals surface area contributed by atoms with E-state index in [1.807, 2.05) is 30.3 Å². The molecule has 1 amide bonds. The highest BCUT2D eigenvalue weighted by Gasteiger charge is 2.39. The van der Waals surface area contributed by atoms with Gasteiger partial charge in [0.15, 0.2) is 0 Å². The second kappa shape index (κ2) is 7.98. The van der Waals surface area contributed by atoms with E-state index in [0.29, 0.717) is 31.8 Å². The Bertz CT molecular complexity index is 665. The Balaban J connectivity index is 1.48. The van der Waals surface area contributed by atoms with Gasteiger partial charge in [-0.3, -0.25) is 14.6 Å². The molecular formula is C21H29N3O3. The van der Waals surface area contributed by atoms with Gasteiger partial charge in [-0.15, -0.1) is 0 Å². The van der Waals surface area contributed by atoms with Crippen LogP contribution in [0.15, 0.2) is 30.3 Å². The number of nitrogens with two attached hydrogens (primary N) is 1. The number of carbonyl (C=O) groups excluding carboxylic acids is 2. The summed E-state index contributed by atoms with van der Waals surface area (Å²) in [4.78, 5) is 29.3. The fraction of sp³-hybridized carbons (Fsp3) is 0.619. The van der Waals surface area contributed by atoms with E-state index in [1.54, 1.807) is 0 Å². The fourth-order valence-corrected chi connectivity index (χ4v) is 4.83. The van der Waals surface area contributed by atoms with E-state index in [2.05, 4.69) is 9.80 Å². The molecule has 2 atom stereocenters. The number of hydrogen-bond acceptors (Lipinski definition) is 5. The predicted molar refractivity (Wildman–Crippen MR) is 102 cm³/mol. The molecule has 4 fully saturated rings. The van der Waals surface area contributed by atoms with E-state index in [1.165, 1.54) is 0 Å². The molecule has 0 saturated carbocycles. The lowest BCUT2D eigenvalue weighted by molar-refractivity contribution is -0.166. The SMILES string of the molecule is NC(=O)C1CCN(C(C(=O)OC2CN3CCC2CC3)c2ccccc2)CC1. The second-order valence-corrected chi connectivity index (χ2v) is 8.14. The number of ether oxygens (including phenoxy) is 1. The number of carbonyl (C=O) groups is 2. The summed E-state index contributed by atoms with van der Waals surface area (Å²) < 4.78 is 6.06. The van der Waals surface area contributed by atoms with Gasteiger partial charge < -0.3 is 10.5 Å². The predicted octanol–water partition coefficient (Wildman–Crippen LogP) is 1.56. The van der Waals surface area contributed by atoms with Crippen LogP contribution >= 0.6 is 0 Å². The number of hydrogen-bond donors (Lipinski definition) is 1. The first-order valence-electron chi connectivity index (χ1n) is 10.1. The molecule has 4 heterocycles. The van der Waals surface area contributed by atoms with Crippen molar-refractivity contribution in [2.24, 2.45) is 17.6 Å². The molecule has 2 bridgehead atoms. The molecule has 0 radical (unpaired) electrons. The highest BCUT2D eigenvalue weighted by Crippen LogP contribution is 2.33. The molecule has 6 heteroatoms. The number of piperidine rings is 4. The average Bonchev–Trinajstić information content (AvgIpc) is 2.70. The maximum atomic E-state index is 13.2. The molecule has 27 heavy (non-hydrogen) atoms. The van der Waals surface area contributed by atoms with Gasteiger partial charge in [-0.2, -0.15) is 0 Å². The number of nitrogens with zero attached hydrogens (tertiary/aromatic N) is 2. The van der Waals surface area contributed by atoms with Gasteiger partial charge in [0.05, 0.1) is 0 Å². The summed E-state index contributed by atoms with van der Waals surface area (Å²) in [5.41, 5.74) is 6.42.